The average Bonchev–Trinajstić information content (AvgIpc) is 2.25. The van der Waals surface area contributed by atoms with Crippen LogP contribution < -0.4 is 5.32 Å². The summed E-state index contributed by atoms with van der Waals surface area (Å²) in [5, 5.41) is 22.3. The third kappa shape index (κ3) is 3.32. The zero-order chi connectivity index (χ0) is 12.1. The summed E-state index contributed by atoms with van der Waals surface area (Å²) < 4.78 is 12.9. The van der Waals surface area contributed by atoms with Crippen molar-refractivity contribution in [2.45, 2.75) is 6.10 Å². The van der Waals surface area contributed by atoms with E-state index in [1.807, 2.05) is 0 Å². The van der Waals surface area contributed by atoms with E-state index in [1.165, 1.54) is 0 Å². The van der Waals surface area contributed by atoms with Crippen molar-refractivity contribution < 1.29 is 14.4 Å². The molecule has 0 radical (unpaired) electrons. The minimum Gasteiger partial charge on any atom is -0.390 e. The topological polar surface area (TPSA) is 75.4 Å². The lowest BCUT2D eigenvalue weighted by Gasteiger charge is -2.10. The van der Waals surface area contributed by atoms with E-state index in [0.717, 1.165) is 18.2 Å². The summed E-state index contributed by atoms with van der Waals surface area (Å²) in [6.07, 6.45) is -0.843. The predicted molar refractivity (Wildman–Crippen MR) is 58.3 cm³/mol. The number of nitrogens with one attached hydrogen (secondary N) is 1. The molecule has 16 heavy (non-hydrogen) atoms. The number of alkyl halides is 1. The zero-order valence-electron chi connectivity index (χ0n) is 8.19. The molecule has 0 aromatic heterocycles. The van der Waals surface area contributed by atoms with Crippen LogP contribution >= 0.6 is 11.6 Å². The number of nitrogens with zero attached hydrogens (tertiary/aromatic N) is 1. The molecule has 1 unspecified atom stereocenters. The second kappa shape index (κ2) is 5.62. The van der Waals surface area contributed by atoms with Gasteiger partial charge < -0.3 is 10.4 Å². The lowest BCUT2D eigenvalue weighted by molar-refractivity contribution is -0.384. The Kier molecular flexibility index (Phi) is 4.45. The molecule has 2 N–H and O–H groups in total. The molecule has 0 amide bonds. The van der Waals surface area contributed by atoms with Crippen LogP contribution in [0.5, 0.6) is 0 Å². The van der Waals surface area contributed by atoms with Crippen LogP contribution in [0, 0.1) is 15.9 Å². The van der Waals surface area contributed by atoms with Gasteiger partial charge in [0.25, 0.3) is 5.69 Å². The number of nitro benzene ring substituents is 1. The van der Waals surface area contributed by atoms with Gasteiger partial charge in [0.2, 0.25) is 0 Å². The largest absolute Gasteiger partial charge is 0.390 e. The molecular formula is C9H10ClFN2O3. The first-order valence-electron chi connectivity index (χ1n) is 4.46. The second-order valence-corrected chi connectivity index (χ2v) is 3.42. The van der Waals surface area contributed by atoms with Gasteiger partial charge >= 0.3 is 0 Å². The molecule has 0 aliphatic carbocycles. The molecule has 1 aromatic rings. The van der Waals surface area contributed by atoms with Gasteiger partial charge in [-0.2, -0.15) is 0 Å². The molecule has 88 valence electrons. The van der Waals surface area contributed by atoms with Crippen molar-refractivity contribution >= 4 is 23.0 Å². The summed E-state index contributed by atoms with van der Waals surface area (Å²) in [4.78, 5) is 9.97. The van der Waals surface area contributed by atoms with Gasteiger partial charge in [-0.25, -0.2) is 4.39 Å². The molecule has 0 aliphatic heterocycles. The van der Waals surface area contributed by atoms with Crippen LogP contribution in [0.4, 0.5) is 15.8 Å². The molecule has 0 saturated carbocycles. The molecule has 1 aromatic carbocycles. The molecule has 0 bridgehead atoms. The van der Waals surface area contributed by atoms with E-state index in [1.54, 1.807) is 0 Å². The summed E-state index contributed by atoms with van der Waals surface area (Å²) >= 11 is 5.35. The summed E-state index contributed by atoms with van der Waals surface area (Å²) in [5.74, 6) is -0.593. The van der Waals surface area contributed by atoms with Gasteiger partial charge in [-0.15, -0.1) is 11.6 Å². The molecule has 0 heterocycles. The van der Waals surface area contributed by atoms with Crippen molar-refractivity contribution in [3.05, 3.63) is 34.1 Å². The number of halogens is 2. The number of hydrogen-bond donors (Lipinski definition) is 2. The molecule has 1 rings (SSSR count). The lowest BCUT2D eigenvalue weighted by atomic mass is 10.2. The van der Waals surface area contributed by atoms with Gasteiger partial charge in [-0.3, -0.25) is 10.1 Å². The highest BCUT2D eigenvalue weighted by Gasteiger charge is 2.14. The number of hydrogen-bond acceptors (Lipinski definition) is 4. The second-order valence-electron chi connectivity index (χ2n) is 3.11. The van der Waals surface area contributed by atoms with Crippen LogP contribution in [0.3, 0.4) is 0 Å². The number of rotatable bonds is 5. The first kappa shape index (κ1) is 12.7. The molecular weight excluding hydrogens is 239 g/mol. The number of aliphatic hydroxyl groups excluding tert-OH is 1. The predicted octanol–water partition coefficient (Wildman–Crippen LogP) is 1.75. The van der Waals surface area contributed by atoms with Crippen molar-refractivity contribution in [1.29, 1.82) is 0 Å². The highest BCUT2D eigenvalue weighted by Crippen LogP contribution is 2.24. The van der Waals surface area contributed by atoms with Crippen molar-refractivity contribution in [3.8, 4) is 0 Å². The lowest BCUT2D eigenvalue weighted by Crippen LogP contribution is -2.21. The smallest absolute Gasteiger partial charge is 0.292 e. The Morgan fingerprint density at radius 2 is 2.31 bits per heavy atom. The fourth-order valence-electron chi connectivity index (χ4n) is 1.09. The van der Waals surface area contributed by atoms with E-state index in [9.17, 15) is 14.5 Å². The normalized spacial score (nSPS) is 12.2. The van der Waals surface area contributed by atoms with E-state index in [2.05, 4.69) is 5.32 Å². The van der Waals surface area contributed by atoms with Crippen LogP contribution in [0.25, 0.3) is 0 Å². The van der Waals surface area contributed by atoms with E-state index in [4.69, 9.17) is 16.7 Å². The van der Waals surface area contributed by atoms with Crippen molar-refractivity contribution in [1.82, 2.24) is 0 Å². The zero-order valence-corrected chi connectivity index (χ0v) is 8.95. The molecule has 5 nitrogen and oxygen atoms in total. The van der Waals surface area contributed by atoms with Crippen molar-refractivity contribution in [3.63, 3.8) is 0 Å². The van der Waals surface area contributed by atoms with Crippen LogP contribution in [-0.2, 0) is 0 Å². The number of nitro groups is 1. The van der Waals surface area contributed by atoms with Gasteiger partial charge in [0.15, 0.2) is 0 Å². The van der Waals surface area contributed by atoms with Crippen LogP contribution in [-0.4, -0.2) is 28.6 Å². The molecule has 1 atom stereocenters. The minimum atomic E-state index is -0.843. The van der Waals surface area contributed by atoms with Crippen LogP contribution in [0.15, 0.2) is 18.2 Å². The van der Waals surface area contributed by atoms with Gasteiger partial charge in [0, 0.05) is 18.7 Å². The SMILES string of the molecule is O=[N+]([O-])c1ccc(F)cc1NCC(O)CCl. The molecule has 0 saturated heterocycles. The Labute approximate surface area is 96.0 Å². The van der Waals surface area contributed by atoms with Crippen molar-refractivity contribution in [2.75, 3.05) is 17.7 Å². The fraction of sp³-hybridized carbons (Fsp3) is 0.333. The first-order valence-corrected chi connectivity index (χ1v) is 5.00. The highest BCUT2D eigenvalue weighted by atomic mass is 35.5. The Morgan fingerprint density at radius 1 is 1.62 bits per heavy atom. The van der Waals surface area contributed by atoms with E-state index in [-0.39, 0.29) is 23.8 Å². The standard InChI is InChI=1S/C9H10ClFN2O3/c10-4-7(14)5-12-8-3-6(11)1-2-9(8)13(15)16/h1-3,7,12,14H,4-5H2. The number of anilines is 1. The van der Waals surface area contributed by atoms with E-state index in [0.29, 0.717) is 0 Å². The maximum absolute atomic E-state index is 12.9. The summed E-state index contributed by atoms with van der Waals surface area (Å²) in [6.45, 7) is 0.0216. The summed E-state index contributed by atoms with van der Waals surface area (Å²) in [7, 11) is 0. The Hall–Kier alpha value is -1.40. The van der Waals surface area contributed by atoms with Crippen LogP contribution in [0.2, 0.25) is 0 Å². The van der Waals surface area contributed by atoms with Gasteiger partial charge in [0.1, 0.15) is 11.5 Å². The van der Waals surface area contributed by atoms with Crippen molar-refractivity contribution in [2.24, 2.45) is 0 Å². The van der Waals surface area contributed by atoms with Gasteiger partial charge in [0.05, 0.1) is 16.9 Å². The first-order chi connectivity index (χ1) is 7.54. The molecule has 0 fully saturated rings. The summed E-state index contributed by atoms with van der Waals surface area (Å²) in [5.41, 5.74) is -0.225. The average molecular weight is 249 g/mol. The third-order valence-electron chi connectivity index (χ3n) is 1.86. The Bertz CT molecular complexity index is 389. The molecule has 0 aliphatic rings. The van der Waals surface area contributed by atoms with E-state index >= 15 is 0 Å². The van der Waals surface area contributed by atoms with Crippen LogP contribution in [0.1, 0.15) is 0 Å². The summed E-state index contributed by atoms with van der Waals surface area (Å²) in [6, 6.07) is 3.06. The third-order valence-corrected chi connectivity index (χ3v) is 2.22. The van der Waals surface area contributed by atoms with Gasteiger partial charge in [-0.1, -0.05) is 0 Å². The fourth-order valence-corrected chi connectivity index (χ4v) is 1.20. The number of aliphatic hydroxyl groups is 1. The maximum atomic E-state index is 12.9. The van der Waals surface area contributed by atoms with Gasteiger partial charge in [-0.05, 0) is 6.07 Å². The molecule has 0 spiro atoms. The highest BCUT2D eigenvalue weighted by molar-refractivity contribution is 6.18. The monoisotopic (exact) mass is 248 g/mol. The minimum absolute atomic E-state index is 0.00386. The van der Waals surface area contributed by atoms with E-state index < -0.39 is 16.8 Å². The molecule has 7 heteroatoms. The maximum Gasteiger partial charge on any atom is 0.292 e. The quantitative estimate of drug-likeness (QED) is 0.473. The number of benzene rings is 1. The Morgan fingerprint density at radius 3 is 2.88 bits per heavy atom. The Balaban J connectivity index is 2.84.